The summed E-state index contributed by atoms with van der Waals surface area (Å²) in [6, 6.07) is 16.8. The lowest BCUT2D eigenvalue weighted by atomic mass is 9.86. The fraction of sp³-hybridized carbons (Fsp3) is 0.300. The highest BCUT2D eigenvalue weighted by molar-refractivity contribution is 5.91. The van der Waals surface area contributed by atoms with E-state index >= 15 is 0 Å². The van der Waals surface area contributed by atoms with Crippen molar-refractivity contribution in [3.05, 3.63) is 71.0 Å². The van der Waals surface area contributed by atoms with E-state index in [1.54, 1.807) is 12.1 Å². The highest BCUT2D eigenvalue weighted by Crippen LogP contribution is 2.35. The fourth-order valence-corrected chi connectivity index (χ4v) is 3.47. The third kappa shape index (κ3) is 3.54. The van der Waals surface area contributed by atoms with Gasteiger partial charge in [-0.25, -0.2) is 9.18 Å². The van der Waals surface area contributed by atoms with Gasteiger partial charge in [0, 0.05) is 25.6 Å². The molecule has 0 amide bonds. The summed E-state index contributed by atoms with van der Waals surface area (Å²) in [6.45, 7) is 1.91. The van der Waals surface area contributed by atoms with Gasteiger partial charge in [-0.05, 0) is 17.2 Å². The minimum atomic E-state index is -0.703. The number of nitrogens with zero attached hydrogens (tertiary/aromatic N) is 2. The zero-order valence-corrected chi connectivity index (χ0v) is 14.0. The fourth-order valence-electron chi connectivity index (χ4n) is 3.47. The first-order valence-electron chi connectivity index (χ1n) is 8.16. The molecule has 1 fully saturated rings. The van der Waals surface area contributed by atoms with Crippen LogP contribution in [-0.4, -0.2) is 31.1 Å². The van der Waals surface area contributed by atoms with Crippen LogP contribution in [-0.2, 0) is 11.3 Å². The van der Waals surface area contributed by atoms with Crippen LogP contribution in [0, 0.1) is 23.1 Å². The number of carbonyl (C=O) groups excluding carboxylic acids is 1. The highest BCUT2D eigenvalue weighted by atomic mass is 19.1. The van der Waals surface area contributed by atoms with Crippen LogP contribution >= 0.6 is 0 Å². The summed E-state index contributed by atoms with van der Waals surface area (Å²) in [4.78, 5) is 14.2. The van der Waals surface area contributed by atoms with Crippen molar-refractivity contribution < 1.29 is 13.9 Å². The number of carbonyl (C=O) groups is 1. The van der Waals surface area contributed by atoms with Gasteiger partial charge in [-0.2, -0.15) is 5.26 Å². The summed E-state index contributed by atoms with van der Waals surface area (Å²) < 4.78 is 19.0. The van der Waals surface area contributed by atoms with Crippen LogP contribution in [0.3, 0.4) is 0 Å². The summed E-state index contributed by atoms with van der Waals surface area (Å²) in [5, 5.41) is 9.55. The van der Waals surface area contributed by atoms with Gasteiger partial charge in [0.1, 0.15) is 5.82 Å². The molecule has 0 unspecified atom stereocenters. The quantitative estimate of drug-likeness (QED) is 0.802. The third-order valence-corrected chi connectivity index (χ3v) is 4.65. The summed E-state index contributed by atoms with van der Waals surface area (Å²) in [6.07, 6.45) is 0. The zero-order chi connectivity index (χ0) is 17.8. The van der Waals surface area contributed by atoms with Gasteiger partial charge < -0.3 is 4.74 Å². The predicted octanol–water partition coefficient (Wildman–Crippen LogP) is 3.35. The number of rotatable bonds is 4. The van der Waals surface area contributed by atoms with Crippen molar-refractivity contribution in [3.8, 4) is 6.07 Å². The van der Waals surface area contributed by atoms with Crippen molar-refractivity contribution in [3.63, 3.8) is 0 Å². The molecule has 3 rings (SSSR count). The molecule has 1 heterocycles. The second-order valence-electron chi connectivity index (χ2n) is 6.22. The molecule has 0 saturated carbocycles. The Morgan fingerprint density at radius 2 is 2.00 bits per heavy atom. The van der Waals surface area contributed by atoms with Crippen LogP contribution in [0.4, 0.5) is 4.39 Å². The largest absolute Gasteiger partial charge is 0.465 e. The van der Waals surface area contributed by atoms with E-state index < -0.39 is 11.8 Å². The van der Waals surface area contributed by atoms with E-state index in [4.69, 9.17) is 4.74 Å². The minimum Gasteiger partial charge on any atom is -0.465 e. The van der Waals surface area contributed by atoms with Crippen LogP contribution < -0.4 is 0 Å². The van der Waals surface area contributed by atoms with Crippen molar-refractivity contribution in [1.29, 1.82) is 5.26 Å². The molecule has 0 spiro atoms. The van der Waals surface area contributed by atoms with Crippen molar-refractivity contribution in [1.82, 2.24) is 4.90 Å². The van der Waals surface area contributed by atoms with Crippen LogP contribution in [0.2, 0.25) is 0 Å². The highest BCUT2D eigenvalue weighted by Gasteiger charge is 2.36. The lowest BCUT2D eigenvalue weighted by molar-refractivity contribution is 0.0593. The second-order valence-corrected chi connectivity index (χ2v) is 6.22. The van der Waals surface area contributed by atoms with E-state index in [1.807, 2.05) is 30.3 Å². The molecule has 25 heavy (non-hydrogen) atoms. The minimum absolute atomic E-state index is 0.0585. The molecule has 1 aliphatic heterocycles. The molecule has 128 valence electrons. The summed E-state index contributed by atoms with van der Waals surface area (Å²) in [7, 11) is 1.23. The molecule has 0 aliphatic carbocycles. The number of ether oxygens (including phenoxy) is 1. The van der Waals surface area contributed by atoms with E-state index in [2.05, 4.69) is 11.0 Å². The summed E-state index contributed by atoms with van der Waals surface area (Å²) >= 11 is 0. The van der Waals surface area contributed by atoms with Gasteiger partial charge in [0.25, 0.3) is 0 Å². The van der Waals surface area contributed by atoms with Gasteiger partial charge in [-0.1, -0.05) is 42.5 Å². The second kappa shape index (κ2) is 7.45. The van der Waals surface area contributed by atoms with Crippen molar-refractivity contribution >= 4 is 5.97 Å². The Balaban J connectivity index is 1.88. The first kappa shape index (κ1) is 17.1. The molecule has 0 aromatic heterocycles. The average molecular weight is 338 g/mol. The number of nitriles is 1. The maximum absolute atomic E-state index is 14.2. The summed E-state index contributed by atoms with van der Waals surface area (Å²) in [5.74, 6) is -1.83. The maximum atomic E-state index is 14.2. The van der Waals surface area contributed by atoms with Gasteiger partial charge in [-0.15, -0.1) is 0 Å². The van der Waals surface area contributed by atoms with Crippen LogP contribution in [0.15, 0.2) is 48.5 Å². The molecule has 1 aliphatic rings. The number of likely N-dealkylation sites (tertiary alicyclic amines) is 1. The molecular formula is C20H19FN2O2. The van der Waals surface area contributed by atoms with E-state index in [0.717, 1.165) is 12.1 Å². The van der Waals surface area contributed by atoms with Gasteiger partial charge >= 0.3 is 5.97 Å². The maximum Gasteiger partial charge on any atom is 0.341 e. The molecule has 2 aromatic rings. The Morgan fingerprint density at radius 3 is 2.68 bits per heavy atom. The molecule has 0 N–H and O–H groups in total. The first-order valence-corrected chi connectivity index (χ1v) is 8.16. The van der Waals surface area contributed by atoms with Gasteiger partial charge in [0.15, 0.2) is 0 Å². The lowest BCUT2D eigenvalue weighted by Gasteiger charge is -2.18. The molecular weight excluding hydrogens is 319 g/mol. The molecule has 2 atom stereocenters. The molecule has 1 saturated heterocycles. The normalized spacial score (nSPS) is 20.2. The van der Waals surface area contributed by atoms with E-state index in [1.165, 1.54) is 13.2 Å². The Labute approximate surface area is 146 Å². The van der Waals surface area contributed by atoms with Crippen LogP contribution in [0.5, 0.6) is 0 Å². The van der Waals surface area contributed by atoms with E-state index in [0.29, 0.717) is 18.7 Å². The number of hydrogen-bond acceptors (Lipinski definition) is 4. The van der Waals surface area contributed by atoms with Crippen molar-refractivity contribution in [2.45, 2.75) is 12.5 Å². The number of methoxy groups -OCH3 is 1. The molecule has 5 heteroatoms. The van der Waals surface area contributed by atoms with Gasteiger partial charge in [-0.3, -0.25) is 4.90 Å². The Hall–Kier alpha value is -2.71. The Morgan fingerprint density at radius 1 is 1.24 bits per heavy atom. The van der Waals surface area contributed by atoms with Gasteiger partial charge in [0.05, 0.1) is 24.7 Å². The van der Waals surface area contributed by atoms with E-state index in [9.17, 15) is 14.4 Å². The van der Waals surface area contributed by atoms with Crippen molar-refractivity contribution in [2.24, 2.45) is 5.92 Å². The number of hydrogen-bond donors (Lipinski definition) is 0. The lowest BCUT2D eigenvalue weighted by Crippen LogP contribution is -2.20. The smallest absolute Gasteiger partial charge is 0.341 e. The average Bonchev–Trinajstić information content (AvgIpc) is 3.04. The monoisotopic (exact) mass is 338 g/mol. The van der Waals surface area contributed by atoms with Crippen LogP contribution in [0.1, 0.15) is 27.4 Å². The summed E-state index contributed by atoms with van der Waals surface area (Å²) in [5.41, 5.74) is 1.65. The Kier molecular flexibility index (Phi) is 5.11. The molecule has 0 bridgehead atoms. The molecule has 4 nitrogen and oxygen atoms in total. The molecule has 0 radical (unpaired) electrons. The molecule has 2 aromatic carbocycles. The third-order valence-electron chi connectivity index (χ3n) is 4.65. The zero-order valence-electron chi connectivity index (χ0n) is 14.0. The van der Waals surface area contributed by atoms with Crippen LogP contribution in [0.25, 0.3) is 0 Å². The SMILES string of the molecule is COC(=O)c1c(F)cccc1[C@@H]1CN(Cc2ccccc2)C[C@@H]1C#N. The van der Waals surface area contributed by atoms with Crippen molar-refractivity contribution in [2.75, 3.05) is 20.2 Å². The predicted molar refractivity (Wildman–Crippen MR) is 91.3 cm³/mol. The Bertz CT molecular complexity index is 801. The topological polar surface area (TPSA) is 53.3 Å². The number of esters is 1. The number of halogens is 1. The standard InChI is InChI=1S/C20H19FN2O2/c1-25-20(24)19-16(8-5-9-18(19)21)17-13-23(12-15(17)10-22)11-14-6-3-2-4-7-14/h2-9,15,17H,11-13H2,1H3/t15-,17+/m0/s1. The number of benzene rings is 2. The first-order chi connectivity index (χ1) is 12.1. The van der Waals surface area contributed by atoms with E-state index in [-0.39, 0.29) is 17.4 Å². The van der Waals surface area contributed by atoms with Gasteiger partial charge in [0.2, 0.25) is 0 Å².